The van der Waals surface area contributed by atoms with Crippen LogP contribution in [-0.2, 0) is 6.54 Å². The Morgan fingerprint density at radius 1 is 1.21 bits per heavy atom. The van der Waals surface area contributed by atoms with Crippen molar-refractivity contribution in [1.29, 1.82) is 0 Å². The largest absolute Gasteiger partial charge is 0.496 e. The highest BCUT2D eigenvalue weighted by molar-refractivity contribution is 5.74. The highest BCUT2D eigenvalue weighted by Crippen LogP contribution is 2.26. The van der Waals surface area contributed by atoms with Crippen LogP contribution < -0.4 is 9.64 Å². The predicted octanol–water partition coefficient (Wildman–Crippen LogP) is 3.22. The van der Waals surface area contributed by atoms with Gasteiger partial charge in [0.2, 0.25) is 0 Å². The highest BCUT2D eigenvalue weighted by Gasteiger charge is 2.29. The quantitative estimate of drug-likeness (QED) is 0.707. The van der Waals surface area contributed by atoms with Gasteiger partial charge in [-0.3, -0.25) is 4.90 Å². The van der Waals surface area contributed by atoms with Crippen LogP contribution in [0.2, 0.25) is 0 Å². The van der Waals surface area contributed by atoms with Crippen LogP contribution in [0.25, 0.3) is 11.1 Å². The van der Waals surface area contributed by atoms with Gasteiger partial charge in [0.15, 0.2) is 5.58 Å². The van der Waals surface area contributed by atoms with Crippen LogP contribution in [0.1, 0.15) is 17.5 Å². The van der Waals surface area contributed by atoms with Crippen LogP contribution in [-0.4, -0.2) is 54.4 Å². The van der Waals surface area contributed by atoms with Gasteiger partial charge in [-0.2, -0.15) is 4.98 Å². The van der Waals surface area contributed by atoms with E-state index < -0.39 is 0 Å². The van der Waals surface area contributed by atoms with Crippen molar-refractivity contribution >= 4 is 17.1 Å². The first-order valence-electron chi connectivity index (χ1n) is 9.77. The van der Waals surface area contributed by atoms with Gasteiger partial charge in [0, 0.05) is 38.8 Å². The molecule has 2 aromatic carbocycles. The van der Waals surface area contributed by atoms with E-state index in [1.54, 1.807) is 7.11 Å². The summed E-state index contributed by atoms with van der Waals surface area (Å²) in [5.74, 6) is 0.913. The Morgan fingerprint density at radius 3 is 2.82 bits per heavy atom. The Balaban J connectivity index is 1.49. The maximum absolute atomic E-state index is 9.59. The number of methoxy groups -OCH3 is 1. The average Bonchev–Trinajstić information content (AvgIpc) is 3.14. The number of aromatic nitrogens is 1. The van der Waals surface area contributed by atoms with Crippen molar-refractivity contribution in [2.24, 2.45) is 0 Å². The molecule has 0 unspecified atom stereocenters. The lowest BCUT2D eigenvalue weighted by Crippen LogP contribution is -2.53. The molecule has 148 valence electrons. The Hall–Kier alpha value is -2.57. The summed E-state index contributed by atoms with van der Waals surface area (Å²) < 4.78 is 11.3. The zero-order chi connectivity index (χ0) is 19.5. The topological polar surface area (TPSA) is 62.0 Å². The molecular formula is C22H27N3O3. The van der Waals surface area contributed by atoms with Gasteiger partial charge in [0.05, 0.1) is 7.11 Å². The summed E-state index contributed by atoms with van der Waals surface area (Å²) in [5.41, 5.74) is 4.10. The number of hydrogen-bond donors (Lipinski definition) is 1. The molecule has 0 spiro atoms. The molecule has 0 saturated carbocycles. The maximum atomic E-state index is 9.59. The molecule has 1 aliphatic rings. The number of aryl methyl sites for hydroxylation is 1. The summed E-state index contributed by atoms with van der Waals surface area (Å²) in [6.07, 6.45) is 0.728. The monoisotopic (exact) mass is 381 g/mol. The number of hydrogen-bond acceptors (Lipinski definition) is 6. The van der Waals surface area contributed by atoms with E-state index in [1.165, 1.54) is 5.56 Å². The maximum Gasteiger partial charge on any atom is 0.298 e. The van der Waals surface area contributed by atoms with Crippen molar-refractivity contribution in [2.45, 2.75) is 25.9 Å². The van der Waals surface area contributed by atoms with Gasteiger partial charge < -0.3 is 19.2 Å². The zero-order valence-electron chi connectivity index (χ0n) is 16.5. The molecule has 4 rings (SSSR count). The lowest BCUT2D eigenvalue weighted by Gasteiger charge is -2.40. The number of ether oxygens (including phenoxy) is 1. The lowest BCUT2D eigenvalue weighted by atomic mass is 10.1. The fourth-order valence-corrected chi connectivity index (χ4v) is 3.97. The van der Waals surface area contributed by atoms with Gasteiger partial charge in [-0.25, -0.2) is 0 Å². The van der Waals surface area contributed by atoms with Crippen LogP contribution >= 0.6 is 0 Å². The zero-order valence-corrected chi connectivity index (χ0v) is 16.5. The molecule has 6 heteroatoms. The Kier molecular flexibility index (Phi) is 5.50. The Labute approximate surface area is 165 Å². The molecule has 1 aliphatic heterocycles. The van der Waals surface area contributed by atoms with Gasteiger partial charge in [0.1, 0.15) is 11.3 Å². The smallest absolute Gasteiger partial charge is 0.298 e. The van der Waals surface area contributed by atoms with Crippen molar-refractivity contribution < 1.29 is 14.3 Å². The first kappa shape index (κ1) is 18.8. The second kappa shape index (κ2) is 8.20. The van der Waals surface area contributed by atoms with Crippen molar-refractivity contribution in [1.82, 2.24) is 9.88 Å². The minimum absolute atomic E-state index is 0.171. The fourth-order valence-electron chi connectivity index (χ4n) is 3.97. The van der Waals surface area contributed by atoms with Gasteiger partial charge in [-0.1, -0.05) is 24.3 Å². The normalized spacial score (nSPS) is 18.0. The number of oxazole rings is 1. The summed E-state index contributed by atoms with van der Waals surface area (Å²) in [7, 11) is 1.70. The van der Waals surface area contributed by atoms with E-state index in [0.717, 1.165) is 55.0 Å². The van der Waals surface area contributed by atoms with Crippen molar-refractivity contribution in [3.05, 3.63) is 53.6 Å². The molecule has 2 heterocycles. The third-order valence-corrected chi connectivity index (χ3v) is 5.47. The molecule has 1 saturated heterocycles. The van der Waals surface area contributed by atoms with Crippen LogP contribution in [0.15, 0.2) is 46.9 Å². The molecular weight excluding hydrogens is 354 g/mol. The molecule has 0 radical (unpaired) electrons. The summed E-state index contributed by atoms with van der Waals surface area (Å²) >= 11 is 0. The molecule has 6 nitrogen and oxygen atoms in total. The Bertz CT molecular complexity index is 907. The summed E-state index contributed by atoms with van der Waals surface area (Å²) in [4.78, 5) is 9.27. The Morgan fingerprint density at radius 2 is 2.07 bits per heavy atom. The van der Waals surface area contributed by atoms with E-state index in [1.807, 2.05) is 30.3 Å². The van der Waals surface area contributed by atoms with Gasteiger partial charge in [-0.15, -0.1) is 0 Å². The first-order valence-corrected chi connectivity index (χ1v) is 9.77. The standard InChI is InChI=1S/C22H27N3O3/c1-16-13-17(7-8-20(16)27-2)14-24-10-11-25(15-18(24)9-12-26)22-23-19-5-3-4-6-21(19)28-22/h3-8,13,18,26H,9-12,14-15H2,1-2H3/t18-/m1/s1. The molecule has 1 fully saturated rings. The number of aliphatic hydroxyl groups excluding tert-OH is 1. The second-order valence-corrected chi connectivity index (χ2v) is 7.35. The van der Waals surface area contributed by atoms with Crippen LogP contribution in [0.5, 0.6) is 5.75 Å². The SMILES string of the molecule is COc1ccc(CN2CCN(c3nc4ccccc4o3)C[C@H]2CCO)cc1C. The van der Waals surface area contributed by atoms with Crippen molar-refractivity contribution in [3.63, 3.8) is 0 Å². The van der Waals surface area contributed by atoms with Gasteiger partial charge in [-0.05, 0) is 42.7 Å². The number of para-hydroxylation sites is 2. The molecule has 0 amide bonds. The number of rotatable bonds is 6. The van der Waals surface area contributed by atoms with Gasteiger partial charge >= 0.3 is 0 Å². The van der Waals surface area contributed by atoms with Crippen LogP contribution in [0.4, 0.5) is 6.01 Å². The summed E-state index contributed by atoms with van der Waals surface area (Å²) in [6.45, 7) is 5.64. The van der Waals surface area contributed by atoms with Crippen LogP contribution in [0, 0.1) is 6.92 Å². The van der Waals surface area contributed by atoms with Gasteiger partial charge in [0.25, 0.3) is 6.01 Å². The van der Waals surface area contributed by atoms with E-state index in [2.05, 4.69) is 33.8 Å². The van der Waals surface area contributed by atoms with E-state index in [4.69, 9.17) is 9.15 Å². The van der Waals surface area contributed by atoms with E-state index >= 15 is 0 Å². The number of anilines is 1. The highest BCUT2D eigenvalue weighted by atomic mass is 16.5. The minimum atomic E-state index is 0.171. The molecule has 0 bridgehead atoms. The number of benzene rings is 2. The molecule has 0 aliphatic carbocycles. The fraction of sp³-hybridized carbons (Fsp3) is 0.409. The minimum Gasteiger partial charge on any atom is -0.496 e. The molecule has 1 aromatic heterocycles. The number of aliphatic hydroxyl groups is 1. The lowest BCUT2D eigenvalue weighted by molar-refractivity contribution is 0.133. The molecule has 3 aromatic rings. The average molecular weight is 381 g/mol. The van der Waals surface area contributed by atoms with Crippen molar-refractivity contribution in [3.8, 4) is 5.75 Å². The molecule has 1 atom stereocenters. The first-order chi connectivity index (χ1) is 13.7. The number of nitrogens with zero attached hydrogens (tertiary/aromatic N) is 3. The predicted molar refractivity (Wildman–Crippen MR) is 110 cm³/mol. The molecule has 1 N–H and O–H groups in total. The van der Waals surface area contributed by atoms with E-state index in [9.17, 15) is 5.11 Å². The van der Waals surface area contributed by atoms with E-state index in [0.29, 0.717) is 6.01 Å². The number of piperazine rings is 1. The third-order valence-electron chi connectivity index (χ3n) is 5.47. The van der Waals surface area contributed by atoms with Crippen LogP contribution in [0.3, 0.4) is 0 Å². The molecule has 28 heavy (non-hydrogen) atoms. The van der Waals surface area contributed by atoms with Crippen molar-refractivity contribution in [2.75, 3.05) is 38.3 Å². The number of fused-ring (bicyclic) bond motifs is 1. The van der Waals surface area contributed by atoms with E-state index in [-0.39, 0.29) is 12.6 Å². The third kappa shape index (κ3) is 3.84. The summed E-state index contributed by atoms with van der Waals surface area (Å²) in [5, 5.41) is 9.59. The summed E-state index contributed by atoms with van der Waals surface area (Å²) in [6, 6.07) is 15.1. The second-order valence-electron chi connectivity index (χ2n) is 7.35.